The minimum atomic E-state index is -1.31. The van der Waals surface area contributed by atoms with E-state index in [2.05, 4.69) is 5.32 Å². The van der Waals surface area contributed by atoms with Crippen LogP contribution in [0.2, 0.25) is 0 Å². The molecule has 4 atom stereocenters. The van der Waals surface area contributed by atoms with E-state index in [1.54, 1.807) is 6.07 Å². The average Bonchev–Trinajstić information content (AvgIpc) is 3.47. The molecule has 31 heavy (non-hydrogen) atoms. The number of benzene rings is 2. The molecule has 6 nitrogen and oxygen atoms in total. The van der Waals surface area contributed by atoms with E-state index in [-0.39, 0.29) is 30.3 Å². The second-order valence-electron chi connectivity index (χ2n) is 8.88. The standard InChI is InChI=1S/C24H22FN3O3/c25-15-8-9-17-16(13-15)24(23(31)26-17)20-19(18-7-4-11-28(18)24)21(29)27(22(20)30)12-10-14-5-2-1-3-6-14/h1-3,5-6,8-9,13,18-20H,4,7,10-12H2,(H,26,31)/t18?,19-,20+,24?/m0/s1. The average molecular weight is 419 g/mol. The Morgan fingerprint density at radius 2 is 1.87 bits per heavy atom. The number of carbonyl (C=O) groups is 3. The minimum Gasteiger partial charge on any atom is -0.324 e. The third-order valence-corrected chi connectivity index (χ3v) is 7.51. The highest BCUT2D eigenvalue weighted by atomic mass is 19.1. The molecule has 0 bridgehead atoms. The monoisotopic (exact) mass is 419 g/mol. The number of carbonyl (C=O) groups excluding carboxylic acids is 3. The van der Waals surface area contributed by atoms with Gasteiger partial charge in [0.2, 0.25) is 17.7 Å². The summed E-state index contributed by atoms with van der Waals surface area (Å²) in [6, 6.07) is 13.7. The summed E-state index contributed by atoms with van der Waals surface area (Å²) in [5.41, 5.74) is 0.754. The molecule has 0 aromatic heterocycles. The first-order valence-electron chi connectivity index (χ1n) is 10.8. The number of imide groups is 1. The third-order valence-electron chi connectivity index (χ3n) is 7.51. The molecule has 2 unspecified atom stereocenters. The van der Waals surface area contributed by atoms with Gasteiger partial charge in [-0.05, 0) is 49.6 Å². The number of likely N-dealkylation sites (tertiary alicyclic amines) is 1. The lowest BCUT2D eigenvalue weighted by Crippen LogP contribution is -2.54. The fourth-order valence-corrected chi connectivity index (χ4v) is 6.34. The molecule has 3 saturated heterocycles. The van der Waals surface area contributed by atoms with E-state index in [4.69, 9.17) is 0 Å². The lowest BCUT2D eigenvalue weighted by Gasteiger charge is -2.36. The van der Waals surface area contributed by atoms with Crippen LogP contribution in [0.25, 0.3) is 0 Å². The number of nitrogens with one attached hydrogen (secondary N) is 1. The van der Waals surface area contributed by atoms with Gasteiger partial charge in [0.1, 0.15) is 11.4 Å². The van der Waals surface area contributed by atoms with Crippen molar-refractivity contribution < 1.29 is 18.8 Å². The molecule has 2 aromatic rings. The van der Waals surface area contributed by atoms with E-state index in [1.165, 1.54) is 17.0 Å². The van der Waals surface area contributed by atoms with Crippen LogP contribution >= 0.6 is 0 Å². The first-order valence-corrected chi connectivity index (χ1v) is 10.8. The Hall–Kier alpha value is -3.06. The van der Waals surface area contributed by atoms with Crippen molar-refractivity contribution in [2.24, 2.45) is 11.8 Å². The van der Waals surface area contributed by atoms with Gasteiger partial charge >= 0.3 is 0 Å². The number of hydrogen-bond acceptors (Lipinski definition) is 4. The molecule has 2 aromatic carbocycles. The number of fused-ring (bicyclic) bond motifs is 7. The van der Waals surface area contributed by atoms with Crippen molar-refractivity contribution in [3.8, 4) is 0 Å². The summed E-state index contributed by atoms with van der Waals surface area (Å²) in [7, 11) is 0. The van der Waals surface area contributed by atoms with E-state index in [0.29, 0.717) is 24.2 Å². The fourth-order valence-electron chi connectivity index (χ4n) is 6.34. The molecule has 6 rings (SSSR count). The summed E-state index contributed by atoms with van der Waals surface area (Å²) in [6.45, 7) is 0.903. The summed E-state index contributed by atoms with van der Waals surface area (Å²) in [6.07, 6.45) is 2.17. The molecule has 1 spiro atoms. The Bertz CT molecular complexity index is 1120. The topological polar surface area (TPSA) is 69.7 Å². The third kappa shape index (κ3) is 2.32. The van der Waals surface area contributed by atoms with Gasteiger partial charge in [-0.15, -0.1) is 0 Å². The molecule has 1 N–H and O–H groups in total. The molecular weight excluding hydrogens is 397 g/mol. The SMILES string of the molecule is O=C1[C@H]2C3CCCN3C3(C(=O)Nc4ccc(F)cc43)[C@H]2C(=O)N1CCc1ccccc1. The largest absolute Gasteiger partial charge is 0.324 e. The van der Waals surface area contributed by atoms with E-state index in [0.717, 1.165) is 18.4 Å². The molecule has 158 valence electrons. The molecule has 0 radical (unpaired) electrons. The summed E-state index contributed by atoms with van der Waals surface area (Å²) in [4.78, 5) is 43.9. The molecule has 3 amide bonds. The number of amides is 3. The van der Waals surface area contributed by atoms with Crippen molar-refractivity contribution in [3.63, 3.8) is 0 Å². The summed E-state index contributed by atoms with van der Waals surface area (Å²) in [5, 5.41) is 2.86. The van der Waals surface area contributed by atoms with Gasteiger partial charge in [-0.2, -0.15) is 0 Å². The van der Waals surface area contributed by atoms with Crippen molar-refractivity contribution in [2.75, 3.05) is 18.4 Å². The summed E-state index contributed by atoms with van der Waals surface area (Å²) >= 11 is 0. The highest BCUT2D eigenvalue weighted by Crippen LogP contribution is 2.60. The molecule has 7 heteroatoms. The first kappa shape index (κ1) is 18.7. The maximum absolute atomic E-state index is 14.3. The molecule has 0 aliphatic carbocycles. The molecule has 0 saturated carbocycles. The molecular formula is C24H22FN3O3. The van der Waals surface area contributed by atoms with Crippen LogP contribution in [0, 0.1) is 17.7 Å². The zero-order chi connectivity index (χ0) is 21.3. The predicted octanol–water partition coefficient (Wildman–Crippen LogP) is 2.29. The van der Waals surface area contributed by atoms with Crippen molar-refractivity contribution >= 4 is 23.4 Å². The molecule has 3 fully saturated rings. The van der Waals surface area contributed by atoms with Gasteiger partial charge in [0.25, 0.3) is 0 Å². The van der Waals surface area contributed by atoms with Crippen molar-refractivity contribution in [1.82, 2.24) is 9.80 Å². The second-order valence-corrected chi connectivity index (χ2v) is 8.88. The predicted molar refractivity (Wildman–Crippen MR) is 110 cm³/mol. The molecule has 4 heterocycles. The van der Waals surface area contributed by atoms with E-state index in [9.17, 15) is 18.8 Å². The van der Waals surface area contributed by atoms with E-state index < -0.39 is 23.2 Å². The van der Waals surface area contributed by atoms with Gasteiger partial charge in [0.05, 0.1) is 11.8 Å². The lowest BCUT2D eigenvalue weighted by molar-refractivity contribution is -0.145. The van der Waals surface area contributed by atoms with Gasteiger partial charge in [-0.1, -0.05) is 30.3 Å². The number of anilines is 1. The highest BCUT2D eigenvalue weighted by Gasteiger charge is 2.74. The zero-order valence-electron chi connectivity index (χ0n) is 16.9. The van der Waals surface area contributed by atoms with Gasteiger partial charge in [-0.25, -0.2) is 4.39 Å². The fraction of sp³-hybridized carbons (Fsp3) is 0.375. The van der Waals surface area contributed by atoms with Crippen molar-refractivity contribution in [1.29, 1.82) is 0 Å². The van der Waals surface area contributed by atoms with Crippen LogP contribution in [-0.4, -0.2) is 46.7 Å². The van der Waals surface area contributed by atoms with Crippen LogP contribution in [0.15, 0.2) is 48.5 Å². The highest BCUT2D eigenvalue weighted by molar-refractivity contribution is 6.15. The second kappa shape index (κ2) is 6.47. The first-order chi connectivity index (χ1) is 15.0. The smallest absolute Gasteiger partial charge is 0.250 e. The van der Waals surface area contributed by atoms with Gasteiger partial charge < -0.3 is 5.32 Å². The zero-order valence-corrected chi connectivity index (χ0v) is 16.9. The summed E-state index contributed by atoms with van der Waals surface area (Å²) in [5.74, 6) is -2.66. The molecule has 4 aliphatic rings. The Morgan fingerprint density at radius 1 is 1.06 bits per heavy atom. The Labute approximate surface area is 179 Å². The van der Waals surface area contributed by atoms with Gasteiger partial charge in [-0.3, -0.25) is 24.2 Å². The van der Waals surface area contributed by atoms with Crippen LogP contribution in [0.5, 0.6) is 0 Å². The van der Waals surface area contributed by atoms with Crippen molar-refractivity contribution in [2.45, 2.75) is 30.8 Å². The van der Waals surface area contributed by atoms with Crippen LogP contribution in [0.3, 0.4) is 0 Å². The van der Waals surface area contributed by atoms with Crippen LogP contribution in [-0.2, 0) is 26.3 Å². The van der Waals surface area contributed by atoms with Crippen LogP contribution in [0.1, 0.15) is 24.0 Å². The maximum atomic E-state index is 14.3. The Balaban J connectivity index is 1.43. The van der Waals surface area contributed by atoms with Crippen molar-refractivity contribution in [3.05, 3.63) is 65.5 Å². The van der Waals surface area contributed by atoms with E-state index in [1.807, 2.05) is 35.2 Å². The molecule has 4 aliphatic heterocycles. The van der Waals surface area contributed by atoms with Gasteiger partial charge in [0.15, 0.2) is 0 Å². The number of halogens is 1. The lowest BCUT2D eigenvalue weighted by atomic mass is 9.75. The quantitative estimate of drug-likeness (QED) is 0.776. The van der Waals surface area contributed by atoms with Crippen LogP contribution < -0.4 is 5.32 Å². The maximum Gasteiger partial charge on any atom is 0.250 e. The van der Waals surface area contributed by atoms with Gasteiger partial charge in [0, 0.05) is 23.8 Å². The summed E-state index contributed by atoms with van der Waals surface area (Å²) < 4.78 is 14.3. The number of rotatable bonds is 3. The van der Waals surface area contributed by atoms with E-state index >= 15 is 0 Å². The normalized spacial score (nSPS) is 31.3. The number of nitrogens with zero attached hydrogens (tertiary/aromatic N) is 2. The Morgan fingerprint density at radius 3 is 2.68 bits per heavy atom. The van der Waals surface area contributed by atoms with Crippen LogP contribution in [0.4, 0.5) is 10.1 Å². The number of hydrogen-bond donors (Lipinski definition) is 1. The Kier molecular flexibility index (Phi) is 3.90. The minimum absolute atomic E-state index is 0.178.